The third-order valence-corrected chi connectivity index (χ3v) is 8.42. The smallest absolute Gasteiger partial charge is 0.264 e. The number of anilines is 1. The molecule has 0 saturated carbocycles. The number of amides is 2. The van der Waals surface area contributed by atoms with Crippen LogP contribution in [0.2, 0.25) is 10.0 Å². The maximum Gasteiger partial charge on any atom is 0.264 e. The van der Waals surface area contributed by atoms with Crippen molar-refractivity contribution in [1.82, 2.24) is 10.2 Å². The minimum Gasteiger partial charge on any atom is -0.494 e. The van der Waals surface area contributed by atoms with E-state index in [0.717, 1.165) is 4.31 Å². The number of carbonyl (C=O) groups excluding carboxylic acids is 2. The largest absolute Gasteiger partial charge is 0.494 e. The number of carbonyl (C=O) groups is 2. The summed E-state index contributed by atoms with van der Waals surface area (Å²) in [6, 6.07) is 18.0. The molecule has 0 aliphatic heterocycles. The van der Waals surface area contributed by atoms with Crippen LogP contribution in [-0.2, 0) is 26.2 Å². The monoisotopic (exact) mass is 605 g/mol. The zero-order valence-electron chi connectivity index (χ0n) is 22.8. The van der Waals surface area contributed by atoms with Crippen molar-refractivity contribution >= 4 is 50.7 Å². The number of hydrogen-bond donors (Lipinski definition) is 1. The summed E-state index contributed by atoms with van der Waals surface area (Å²) in [4.78, 5) is 28.2. The Bertz CT molecular complexity index is 1410. The maximum atomic E-state index is 13.9. The van der Waals surface area contributed by atoms with Gasteiger partial charge in [0.15, 0.2) is 0 Å². The molecule has 0 unspecified atom stereocenters. The number of halogens is 2. The molecule has 1 atom stereocenters. The lowest BCUT2D eigenvalue weighted by atomic mass is 10.1. The van der Waals surface area contributed by atoms with E-state index in [2.05, 4.69) is 5.32 Å². The van der Waals surface area contributed by atoms with Crippen molar-refractivity contribution in [1.29, 1.82) is 0 Å². The van der Waals surface area contributed by atoms with Crippen LogP contribution in [0.25, 0.3) is 0 Å². The predicted octanol–water partition coefficient (Wildman–Crippen LogP) is 5.53. The van der Waals surface area contributed by atoms with E-state index < -0.39 is 28.5 Å². The van der Waals surface area contributed by atoms with Crippen LogP contribution in [0, 0.1) is 0 Å². The maximum absolute atomic E-state index is 13.9. The Hall–Kier alpha value is -3.27. The zero-order valence-corrected chi connectivity index (χ0v) is 25.1. The standard InChI is InChI=1S/C29H33Cl2N3O5S/c1-5-39-25-14-12-24(13-15-25)34(40(37,38)26-16-10-23(30)11-17-26)19-28(35)33(21(4)29(36)32-20(2)3)18-22-8-6-7-9-27(22)31/h6-17,20-21H,5,18-19H2,1-4H3,(H,32,36)/t21-/m0/s1. The molecule has 0 heterocycles. The third-order valence-electron chi connectivity index (χ3n) is 6.01. The number of nitrogens with zero attached hydrogens (tertiary/aromatic N) is 2. The van der Waals surface area contributed by atoms with Gasteiger partial charge in [0.2, 0.25) is 11.8 Å². The molecule has 0 spiro atoms. The van der Waals surface area contributed by atoms with Gasteiger partial charge in [-0.15, -0.1) is 0 Å². The molecule has 0 radical (unpaired) electrons. The molecule has 3 aromatic carbocycles. The predicted molar refractivity (Wildman–Crippen MR) is 158 cm³/mol. The van der Waals surface area contributed by atoms with E-state index in [1.807, 2.05) is 20.8 Å². The number of nitrogens with one attached hydrogen (secondary N) is 1. The molecule has 0 aliphatic carbocycles. The molecule has 3 aromatic rings. The van der Waals surface area contributed by atoms with Crippen molar-refractivity contribution < 1.29 is 22.7 Å². The molecule has 40 heavy (non-hydrogen) atoms. The van der Waals surface area contributed by atoms with Crippen molar-refractivity contribution in [3.63, 3.8) is 0 Å². The van der Waals surface area contributed by atoms with E-state index in [0.29, 0.717) is 28.0 Å². The SMILES string of the molecule is CCOc1ccc(N(CC(=O)N(Cc2ccccc2Cl)[C@@H](C)C(=O)NC(C)C)S(=O)(=O)c2ccc(Cl)cc2)cc1. The minimum atomic E-state index is -4.21. The quantitative estimate of drug-likeness (QED) is 0.293. The lowest BCUT2D eigenvalue weighted by Gasteiger charge is -2.32. The van der Waals surface area contributed by atoms with Crippen molar-refractivity contribution in [3.8, 4) is 5.75 Å². The van der Waals surface area contributed by atoms with Crippen LogP contribution in [0.15, 0.2) is 77.7 Å². The molecule has 2 amide bonds. The van der Waals surface area contributed by atoms with Crippen molar-refractivity contribution in [2.24, 2.45) is 0 Å². The average Bonchev–Trinajstić information content (AvgIpc) is 2.91. The van der Waals surface area contributed by atoms with Gasteiger partial charge in [0, 0.05) is 22.6 Å². The van der Waals surface area contributed by atoms with Gasteiger partial charge in [-0.2, -0.15) is 0 Å². The van der Waals surface area contributed by atoms with Crippen molar-refractivity contribution in [2.45, 2.75) is 51.2 Å². The number of sulfonamides is 1. The van der Waals surface area contributed by atoms with Crippen LogP contribution >= 0.6 is 23.2 Å². The molecule has 0 fully saturated rings. The first kappa shape index (κ1) is 31.3. The molecule has 3 rings (SSSR count). The van der Waals surface area contributed by atoms with E-state index >= 15 is 0 Å². The van der Waals surface area contributed by atoms with Crippen LogP contribution in [-0.4, -0.2) is 50.4 Å². The summed E-state index contributed by atoms with van der Waals surface area (Å²) in [6.45, 7) is 6.95. The highest BCUT2D eigenvalue weighted by atomic mass is 35.5. The molecular weight excluding hydrogens is 573 g/mol. The fraction of sp³-hybridized carbons (Fsp3) is 0.310. The lowest BCUT2D eigenvalue weighted by molar-refractivity contribution is -0.139. The Morgan fingerprint density at radius 2 is 1.55 bits per heavy atom. The molecule has 1 N–H and O–H groups in total. The van der Waals surface area contributed by atoms with Gasteiger partial charge in [0.25, 0.3) is 10.0 Å². The van der Waals surface area contributed by atoms with Crippen LogP contribution in [0.1, 0.15) is 33.3 Å². The highest BCUT2D eigenvalue weighted by Gasteiger charge is 2.33. The summed E-state index contributed by atoms with van der Waals surface area (Å²) in [7, 11) is -4.21. The van der Waals surface area contributed by atoms with Gasteiger partial charge in [0.1, 0.15) is 18.3 Å². The van der Waals surface area contributed by atoms with Crippen LogP contribution in [0.5, 0.6) is 5.75 Å². The topological polar surface area (TPSA) is 96.0 Å². The van der Waals surface area contributed by atoms with Gasteiger partial charge in [-0.25, -0.2) is 8.42 Å². The van der Waals surface area contributed by atoms with Gasteiger partial charge in [-0.05, 0) is 87.9 Å². The summed E-state index contributed by atoms with van der Waals surface area (Å²) in [5.74, 6) is -0.401. The van der Waals surface area contributed by atoms with E-state index in [-0.39, 0.29) is 29.1 Å². The van der Waals surface area contributed by atoms with Gasteiger partial charge < -0.3 is 15.0 Å². The first-order valence-electron chi connectivity index (χ1n) is 12.8. The van der Waals surface area contributed by atoms with Gasteiger partial charge in [0.05, 0.1) is 17.2 Å². The van der Waals surface area contributed by atoms with Gasteiger partial charge >= 0.3 is 0 Å². The van der Waals surface area contributed by atoms with E-state index in [1.54, 1.807) is 55.5 Å². The van der Waals surface area contributed by atoms with Gasteiger partial charge in [-0.3, -0.25) is 13.9 Å². The van der Waals surface area contributed by atoms with Crippen molar-refractivity contribution in [2.75, 3.05) is 17.5 Å². The molecule has 11 heteroatoms. The summed E-state index contributed by atoms with van der Waals surface area (Å²) >= 11 is 12.4. The lowest BCUT2D eigenvalue weighted by Crippen LogP contribution is -2.52. The van der Waals surface area contributed by atoms with Crippen LogP contribution in [0.3, 0.4) is 0 Å². The highest BCUT2D eigenvalue weighted by Crippen LogP contribution is 2.28. The van der Waals surface area contributed by atoms with Crippen LogP contribution < -0.4 is 14.4 Å². The van der Waals surface area contributed by atoms with Crippen LogP contribution in [0.4, 0.5) is 5.69 Å². The molecule has 0 bridgehead atoms. The first-order chi connectivity index (χ1) is 18.9. The summed E-state index contributed by atoms with van der Waals surface area (Å²) in [5.41, 5.74) is 0.874. The molecule has 0 aliphatic rings. The Labute approximate surface area is 245 Å². The zero-order chi connectivity index (χ0) is 29.4. The Morgan fingerprint density at radius 1 is 0.925 bits per heavy atom. The highest BCUT2D eigenvalue weighted by molar-refractivity contribution is 7.92. The second kappa shape index (κ2) is 13.9. The third kappa shape index (κ3) is 7.90. The number of rotatable bonds is 12. The van der Waals surface area contributed by atoms with E-state index in [9.17, 15) is 18.0 Å². The molecule has 214 valence electrons. The second-order valence-corrected chi connectivity index (χ2v) is 12.1. The Morgan fingerprint density at radius 3 is 2.12 bits per heavy atom. The Balaban J connectivity index is 2.04. The summed E-state index contributed by atoms with van der Waals surface area (Å²) in [6.07, 6.45) is 0. The fourth-order valence-corrected chi connectivity index (χ4v) is 5.67. The minimum absolute atomic E-state index is 0.00327. The first-order valence-corrected chi connectivity index (χ1v) is 15.0. The fourth-order valence-electron chi connectivity index (χ4n) is 3.94. The van der Waals surface area contributed by atoms with Gasteiger partial charge in [-0.1, -0.05) is 41.4 Å². The Kier molecular flexibility index (Phi) is 10.8. The summed E-state index contributed by atoms with van der Waals surface area (Å²) < 4.78 is 34.2. The molecule has 8 nitrogen and oxygen atoms in total. The number of benzene rings is 3. The average molecular weight is 607 g/mol. The van der Waals surface area contributed by atoms with E-state index in [1.165, 1.54) is 29.2 Å². The van der Waals surface area contributed by atoms with E-state index in [4.69, 9.17) is 27.9 Å². The second-order valence-electron chi connectivity index (χ2n) is 9.34. The van der Waals surface area contributed by atoms with Crippen molar-refractivity contribution in [3.05, 3.63) is 88.4 Å². The molecule has 0 saturated heterocycles. The summed E-state index contributed by atoms with van der Waals surface area (Å²) in [5, 5.41) is 3.62. The normalized spacial score (nSPS) is 12.1. The number of hydrogen-bond acceptors (Lipinski definition) is 5. The molecule has 0 aromatic heterocycles. The number of ether oxygens (including phenoxy) is 1. The molecular formula is C29H33Cl2N3O5S.